The third kappa shape index (κ3) is 1.71. The summed E-state index contributed by atoms with van der Waals surface area (Å²) in [5, 5.41) is 11.7. The SMILES string of the molecule is Cc1ncc(CNC#N)s1. The number of rotatable bonds is 2. The largest absolute Gasteiger partial charge is 0.319 e. The number of hydrogen-bond acceptors (Lipinski definition) is 4. The van der Waals surface area contributed by atoms with E-state index >= 15 is 0 Å². The van der Waals surface area contributed by atoms with Crippen LogP contribution in [0.3, 0.4) is 0 Å². The summed E-state index contributed by atoms with van der Waals surface area (Å²) in [5.74, 6) is 0. The van der Waals surface area contributed by atoms with E-state index in [9.17, 15) is 0 Å². The molecule has 52 valence electrons. The lowest BCUT2D eigenvalue weighted by Crippen LogP contribution is -2.01. The second kappa shape index (κ2) is 3.18. The molecule has 0 aliphatic carbocycles. The van der Waals surface area contributed by atoms with Crippen LogP contribution in [0.15, 0.2) is 6.20 Å². The van der Waals surface area contributed by atoms with E-state index in [-0.39, 0.29) is 0 Å². The average Bonchev–Trinajstić information content (AvgIpc) is 2.31. The van der Waals surface area contributed by atoms with Crippen molar-refractivity contribution in [3.63, 3.8) is 0 Å². The molecule has 0 saturated heterocycles. The minimum absolute atomic E-state index is 0.599. The highest BCUT2D eigenvalue weighted by Gasteiger charge is 1.94. The number of nitrogens with zero attached hydrogens (tertiary/aromatic N) is 2. The monoisotopic (exact) mass is 153 g/mol. The van der Waals surface area contributed by atoms with Gasteiger partial charge in [-0.15, -0.1) is 11.3 Å². The molecule has 0 aliphatic heterocycles. The van der Waals surface area contributed by atoms with Crippen molar-refractivity contribution in [1.29, 1.82) is 5.26 Å². The molecule has 1 rings (SSSR count). The summed E-state index contributed by atoms with van der Waals surface area (Å²) in [6, 6.07) is 0. The van der Waals surface area contributed by atoms with Gasteiger partial charge < -0.3 is 5.32 Å². The van der Waals surface area contributed by atoms with E-state index in [1.165, 1.54) is 0 Å². The fourth-order valence-electron chi connectivity index (χ4n) is 0.614. The van der Waals surface area contributed by atoms with Crippen LogP contribution in [0.25, 0.3) is 0 Å². The maximum absolute atomic E-state index is 8.16. The fraction of sp³-hybridized carbons (Fsp3) is 0.333. The van der Waals surface area contributed by atoms with Crippen LogP contribution in [-0.2, 0) is 6.54 Å². The molecule has 0 saturated carbocycles. The van der Waals surface area contributed by atoms with Gasteiger partial charge in [0.15, 0.2) is 6.19 Å². The number of hydrogen-bond donors (Lipinski definition) is 1. The van der Waals surface area contributed by atoms with Crippen molar-refractivity contribution in [3.05, 3.63) is 16.1 Å². The lowest BCUT2D eigenvalue weighted by atomic mass is 10.5. The number of aromatic nitrogens is 1. The molecule has 0 radical (unpaired) electrons. The first kappa shape index (κ1) is 7.03. The molecule has 1 aromatic rings. The third-order valence-electron chi connectivity index (χ3n) is 1.01. The van der Waals surface area contributed by atoms with E-state index in [1.807, 2.05) is 13.1 Å². The zero-order valence-corrected chi connectivity index (χ0v) is 6.40. The fourth-order valence-corrected chi connectivity index (χ4v) is 1.35. The zero-order valence-electron chi connectivity index (χ0n) is 5.59. The van der Waals surface area contributed by atoms with Crippen LogP contribution in [0.2, 0.25) is 0 Å². The molecule has 0 bridgehead atoms. The van der Waals surface area contributed by atoms with Gasteiger partial charge in [0.05, 0.1) is 11.6 Å². The molecule has 0 atom stereocenters. The van der Waals surface area contributed by atoms with Crippen LogP contribution in [0.1, 0.15) is 9.88 Å². The van der Waals surface area contributed by atoms with Gasteiger partial charge in [0.2, 0.25) is 0 Å². The molecular weight excluding hydrogens is 146 g/mol. The van der Waals surface area contributed by atoms with Crippen molar-refractivity contribution >= 4 is 11.3 Å². The summed E-state index contributed by atoms with van der Waals surface area (Å²) in [6.45, 7) is 2.54. The van der Waals surface area contributed by atoms with Crippen LogP contribution in [0.4, 0.5) is 0 Å². The van der Waals surface area contributed by atoms with Crippen molar-refractivity contribution in [2.75, 3.05) is 0 Å². The van der Waals surface area contributed by atoms with Crippen molar-refractivity contribution in [1.82, 2.24) is 10.3 Å². The first-order chi connectivity index (χ1) is 4.83. The normalized spacial score (nSPS) is 8.80. The van der Waals surface area contributed by atoms with Crippen LogP contribution in [0, 0.1) is 18.4 Å². The Balaban J connectivity index is 2.52. The van der Waals surface area contributed by atoms with Crippen molar-refractivity contribution in [3.8, 4) is 6.19 Å². The van der Waals surface area contributed by atoms with E-state index in [0.29, 0.717) is 6.54 Å². The Labute approximate surface area is 63.3 Å². The lowest BCUT2D eigenvalue weighted by molar-refractivity contribution is 0.898. The van der Waals surface area contributed by atoms with Crippen LogP contribution >= 0.6 is 11.3 Å². The standard InChI is InChI=1S/C6H7N3S/c1-5-9-3-6(10-5)2-8-4-7/h3,8H,2H2,1H3. The quantitative estimate of drug-likeness (QED) is 0.509. The van der Waals surface area contributed by atoms with E-state index in [1.54, 1.807) is 17.5 Å². The minimum atomic E-state index is 0.599. The number of aryl methyl sites for hydroxylation is 1. The lowest BCUT2D eigenvalue weighted by Gasteiger charge is -1.87. The van der Waals surface area contributed by atoms with Gasteiger partial charge >= 0.3 is 0 Å². The first-order valence-electron chi connectivity index (χ1n) is 2.86. The van der Waals surface area contributed by atoms with Gasteiger partial charge in [0, 0.05) is 11.1 Å². The molecule has 0 aromatic carbocycles. The highest BCUT2D eigenvalue weighted by molar-refractivity contribution is 7.11. The first-order valence-corrected chi connectivity index (χ1v) is 3.68. The summed E-state index contributed by atoms with van der Waals surface area (Å²) in [6.07, 6.45) is 3.64. The van der Waals surface area contributed by atoms with Gasteiger partial charge in [-0.2, -0.15) is 5.26 Å². The second-order valence-electron chi connectivity index (χ2n) is 1.81. The highest BCUT2D eigenvalue weighted by atomic mass is 32.1. The summed E-state index contributed by atoms with van der Waals surface area (Å²) in [5.41, 5.74) is 0. The Morgan fingerprint density at radius 2 is 2.70 bits per heavy atom. The maximum atomic E-state index is 8.16. The van der Waals surface area contributed by atoms with Gasteiger partial charge in [-0.25, -0.2) is 4.98 Å². The maximum Gasteiger partial charge on any atom is 0.176 e. The molecule has 3 nitrogen and oxygen atoms in total. The van der Waals surface area contributed by atoms with Gasteiger partial charge in [0.25, 0.3) is 0 Å². The van der Waals surface area contributed by atoms with E-state index in [0.717, 1.165) is 9.88 Å². The Hall–Kier alpha value is -1.08. The van der Waals surface area contributed by atoms with Crippen molar-refractivity contribution < 1.29 is 0 Å². The van der Waals surface area contributed by atoms with E-state index in [4.69, 9.17) is 5.26 Å². The average molecular weight is 153 g/mol. The Kier molecular flexibility index (Phi) is 2.24. The van der Waals surface area contributed by atoms with Crippen LogP contribution in [0.5, 0.6) is 0 Å². The summed E-state index contributed by atoms with van der Waals surface area (Å²) in [4.78, 5) is 5.13. The second-order valence-corrected chi connectivity index (χ2v) is 3.13. The highest BCUT2D eigenvalue weighted by Crippen LogP contribution is 2.10. The predicted molar refractivity (Wildman–Crippen MR) is 39.3 cm³/mol. The van der Waals surface area contributed by atoms with Crippen LogP contribution < -0.4 is 5.32 Å². The molecular formula is C6H7N3S. The third-order valence-corrected chi connectivity index (χ3v) is 1.92. The van der Waals surface area contributed by atoms with E-state index < -0.39 is 0 Å². The molecule has 4 heteroatoms. The summed E-state index contributed by atoms with van der Waals surface area (Å²) < 4.78 is 0. The molecule has 0 amide bonds. The minimum Gasteiger partial charge on any atom is -0.319 e. The molecule has 10 heavy (non-hydrogen) atoms. The van der Waals surface area contributed by atoms with Gasteiger partial charge in [-0.05, 0) is 6.92 Å². The molecule has 0 spiro atoms. The predicted octanol–water partition coefficient (Wildman–Crippen LogP) is 1.02. The van der Waals surface area contributed by atoms with E-state index in [2.05, 4.69) is 10.3 Å². The summed E-state index contributed by atoms with van der Waals surface area (Å²) in [7, 11) is 0. The Morgan fingerprint density at radius 3 is 3.20 bits per heavy atom. The van der Waals surface area contributed by atoms with Crippen LogP contribution in [-0.4, -0.2) is 4.98 Å². The smallest absolute Gasteiger partial charge is 0.176 e. The molecule has 0 aliphatic rings. The summed E-state index contributed by atoms with van der Waals surface area (Å²) >= 11 is 1.60. The topological polar surface area (TPSA) is 48.7 Å². The number of nitrogens with one attached hydrogen (secondary N) is 1. The van der Waals surface area contributed by atoms with Gasteiger partial charge in [0.1, 0.15) is 0 Å². The molecule has 0 unspecified atom stereocenters. The molecule has 0 fully saturated rings. The zero-order chi connectivity index (χ0) is 7.40. The molecule has 1 N–H and O–H groups in total. The number of thiazole rings is 1. The molecule has 1 heterocycles. The number of nitriles is 1. The Bertz CT molecular complexity index is 248. The molecule has 1 aromatic heterocycles. The van der Waals surface area contributed by atoms with Gasteiger partial charge in [-0.1, -0.05) is 0 Å². The van der Waals surface area contributed by atoms with Crippen molar-refractivity contribution in [2.24, 2.45) is 0 Å². The van der Waals surface area contributed by atoms with Crippen molar-refractivity contribution in [2.45, 2.75) is 13.5 Å². The Morgan fingerprint density at radius 1 is 1.90 bits per heavy atom. The van der Waals surface area contributed by atoms with Gasteiger partial charge in [-0.3, -0.25) is 0 Å².